The number of ether oxygens (including phenoxy) is 3. The number of fused-ring (bicyclic) bond motifs is 2. The summed E-state index contributed by atoms with van der Waals surface area (Å²) in [6.45, 7) is 1.32. The van der Waals surface area contributed by atoms with Crippen LogP contribution >= 0.6 is 0 Å². The third-order valence-corrected chi connectivity index (χ3v) is 6.36. The highest BCUT2D eigenvalue weighted by atomic mass is 16.7. The van der Waals surface area contributed by atoms with Gasteiger partial charge in [-0.1, -0.05) is 49.2 Å². The minimum atomic E-state index is -0.191. The molecule has 2 heterocycles. The largest absolute Gasteiger partial charge is 0.454 e. The SMILES string of the molecule is O=C(OCc1ccccc1)N1C[C@@H](c2ccc3c(c2)OCO3)[C@@H]2CCCC[C@@H]21. The molecule has 2 aliphatic heterocycles. The molecule has 0 spiro atoms. The van der Waals surface area contributed by atoms with Crippen molar-refractivity contribution in [3.63, 3.8) is 0 Å². The Balaban J connectivity index is 1.34. The smallest absolute Gasteiger partial charge is 0.410 e. The van der Waals surface area contributed by atoms with E-state index < -0.39 is 0 Å². The molecule has 2 fully saturated rings. The molecule has 1 saturated carbocycles. The second kappa shape index (κ2) is 7.38. The molecule has 0 radical (unpaired) electrons. The van der Waals surface area contributed by atoms with Gasteiger partial charge in [0.25, 0.3) is 0 Å². The fourth-order valence-corrected chi connectivity index (χ4v) is 4.99. The molecule has 3 aliphatic rings. The molecule has 5 rings (SSSR count). The van der Waals surface area contributed by atoms with Crippen molar-refractivity contribution in [2.75, 3.05) is 13.3 Å². The van der Waals surface area contributed by atoms with Gasteiger partial charge in [0.15, 0.2) is 11.5 Å². The molecule has 1 aliphatic carbocycles. The second-order valence-corrected chi connectivity index (χ2v) is 7.93. The van der Waals surface area contributed by atoms with Crippen LogP contribution in [0.5, 0.6) is 11.5 Å². The fourth-order valence-electron chi connectivity index (χ4n) is 4.99. The van der Waals surface area contributed by atoms with E-state index in [2.05, 4.69) is 12.1 Å². The van der Waals surface area contributed by atoms with Crippen molar-refractivity contribution in [3.8, 4) is 11.5 Å². The number of rotatable bonds is 3. The molecule has 2 aromatic rings. The Hall–Kier alpha value is -2.69. The maximum atomic E-state index is 12.9. The van der Waals surface area contributed by atoms with E-state index in [0.29, 0.717) is 25.0 Å². The zero-order valence-electron chi connectivity index (χ0n) is 15.9. The van der Waals surface area contributed by atoms with Crippen molar-refractivity contribution in [1.82, 2.24) is 4.90 Å². The maximum absolute atomic E-state index is 12.9. The minimum Gasteiger partial charge on any atom is -0.454 e. The van der Waals surface area contributed by atoms with E-state index >= 15 is 0 Å². The van der Waals surface area contributed by atoms with E-state index in [1.165, 1.54) is 18.4 Å². The van der Waals surface area contributed by atoms with Crippen LogP contribution in [0.3, 0.4) is 0 Å². The first kappa shape index (κ1) is 17.4. The highest BCUT2D eigenvalue weighted by Gasteiger charge is 2.46. The van der Waals surface area contributed by atoms with Crippen molar-refractivity contribution >= 4 is 6.09 Å². The normalized spacial score (nSPS) is 25.4. The number of amides is 1. The highest BCUT2D eigenvalue weighted by molar-refractivity contribution is 5.69. The maximum Gasteiger partial charge on any atom is 0.410 e. The Kier molecular flexibility index (Phi) is 4.59. The number of carbonyl (C=O) groups is 1. The number of carbonyl (C=O) groups excluding carboxylic acids is 1. The molecule has 0 N–H and O–H groups in total. The van der Waals surface area contributed by atoms with Crippen molar-refractivity contribution < 1.29 is 19.0 Å². The number of likely N-dealkylation sites (tertiary alicyclic amines) is 1. The average molecular weight is 379 g/mol. The molecule has 5 heteroatoms. The van der Waals surface area contributed by atoms with Gasteiger partial charge >= 0.3 is 6.09 Å². The molecular formula is C23H25NO4. The first-order valence-electron chi connectivity index (χ1n) is 10.2. The molecule has 2 aromatic carbocycles. The quantitative estimate of drug-likeness (QED) is 0.775. The predicted octanol–water partition coefficient (Wildman–Crippen LogP) is 4.71. The van der Waals surface area contributed by atoms with Gasteiger partial charge in [0.1, 0.15) is 6.61 Å². The number of hydrogen-bond donors (Lipinski definition) is 0. The van der Waals surface area contributed by atoms with Crippen LogP contribution in [-0.2, 0) is 11.3 Å². The summed E-state index contributed by atoms with van der Waals surface area (Å²) in [5, 5.41) is 0. The number of benzene rings is 2. The Morgan fingerprint density at radius 1 is 1.04 bits per heavy atom. The lowest BCUT2D eigenvalue weighted by Crippen LogP contribution is -2.39. The third-order valence-electron chi connectivity index (χ3n) is 6.36. The van der Waals surface area contributed by atoms with E-state index in [0.717, 1.165) is 29.9 Å². The predicted molar refractivity (Wildman–Crippen MR) is 104 cm³/mol. The highest BCUT2D eigenvalue weighted by Crippen LogP contribution is 2.46. The minimum absolute atomic E-state index is 0.191. The van der Waals surface area contributed by atoms with E-state index in [4.69, 9.17) is 14.2 Å². The molecular weight excluding hydrogens is 354 g/mol. The Morgan fingerprint density at radius 2 is 1.86 bits per heavy atom. The van der Waals surface area contributed by atoms with Crippen LogP contribution in [-0.4, -0.2) is 30.4 Å². The first-order chi connectivity index (χ1) is 13.8. The second-order valence-electron chi connectivity index (χ2n) is 7.93. The van der Waals surface area contributed by atoms with Crippen molar-refractivity contribution in [1.29, 1.82) is 0 Å². The van der Waals surface area contributed by atoms with Crippen LogP contribution in [0.25, 0.3) is 0 Å². The summed E-state index contributed by atoms with van der Waals surface area (Å²) in [5.41, 5.74) is 2.25. The van der Waals surface area contributed by atoms with Crippen molar-refractivity contribution in [2.45, 2.75) is 44.2 Å². The Morgan fingerprint density at radius 3 is 2.75 bits per heavy atom. The van der Waals surface area contributed by atoms with E-state index in [9.17, 15) is 4.79 Å². The van der Waals surface area contributed by atoms with E-state index in [1.807, 2.05) is 41.3 Å². The van der Waals surface area contributed by atoms with Crippen LogP contribution in [0, 0.1) is 5.92 Å². The molecule has 0 bridgehead atoms. The lowest BCUT2D eigenvalue weighted by molar-refractivity contribution is 0.0823. The van der Waals surface area contributed by atoms with E-state index in [1.54, 1.807) is 0 Å². The van der Waals surface area contributed by atoms with Crippen LogP contribution in [0.1, 0.15) is 42.7 Å². The van der Waals surface area contributed by atoms with E-state index in [-0.39, 0.29) is 18.9 Å². The van der Waals surface area contributed by atoms with Gasteiger partial charge in [0.2, 0.25) is 6.79 Å². The lowest BCUT2D eigenvalue weighted by atomic mass is 9.77. The molecule has 28 heavy (non-hydrogen) atoms. The van der Waals surface area contributed by atoms with Crippen molar-refractivity contribution in [2.24, 2.45) is 5.92 Å². The summed E-state index contributed by atoms with van der Waals surface area (Å²) in [5.74, 6) is 2.43. The fraction of sp³-hybridized carbons (Fsp3) is 0.435. The lowest BCUT2D eigenvalue weighted by Gasteiger charge is -2.32. The summed E-state index contributed by atoms with van der Waals surface area (Å²) in [6, 6.07) is 16.3. The molecule has 0 unspecified atom stereocenters. The van der Waals surface area contributed by atoms with Gasteiger partial charge in [-0.2, -0.15) is 0 Å². The van der Waals surface area contributed by atoms with Crippen LogP contribution in [0.2, 0.25) is 0 Å². The summed E-state index contributed by atoms with van der Waals surface area (Å²) >= 11 is 0. The number of nitrogens with zero attached hydrogens (tertiary/aromatic N) is 1. The molecule has 0 aromatic heterocycles. The van der Waals surface area contributed by atoms with Crippen LogP contribution in [0.15, 0.2) is 48.5 Å². The van der Waals surface area contributed by atoms with Gasteiger partial charge in [-0.3, -0.25) is 0 Å². The van der Waals surface area contributed by atoms with Crippen LogP contribution in [0.4, 0.5) is 4.79 Å². The van der Waals surface area contributed by atoms with Gasteiger partial charge in [-0.05, 0) is 42.0 Å². The summed E-state index contributed by atoms with van der Waals surface area (Å²) < 4.78 is 16.7. The topological polar surface area (TPSA) is 48.0 Å². The molecule has 1 amide bonds. The summed E-state index contributed by atoms with van der Waals surface area (Å²) in [6.07, 6.45) is 4.44. The Bertz CT molecular complexity index is 853. The standard InChI is InChI=1S/C23H25NO4/c25-23(26-14-16-6-2-1-3-7-16)24-13-19(18-8-4-5-9-20(18)24)17-10-11-21-22(12-17)28-15-27-21/h1-3,6-7,10-12,18-20H,4-5,8-9,13-15H2/t18-,19-,20-/m0/s1. The van der Waals surface area contributed by atoms with Gasteiger partial charge in [-0.15, -0.1) is 0 Å². The zero-order valence-corrected chi connectivity index (χ0v) is 15.9. The zero-order chi connectivity index (χ0) is 18.9. The van der Waals surface area contributed by atoms with Gasteiger partial charge in [0, 0.05) is 18.5 Å². The molecule has 146 valence electrons. The average Bonchev–Trinajstić information content (AvgIpc) is 3.37. The van der Waals surface area contributed by atoms with Crippen LogP contribution < -0.4 is 9.47 Å². The summed E-state index contributed by atoms with van der Waals surface area (Å²) in [7, 11) is 0. The molecule has 3 atom stereocenters. The first-order valence-corrected chi connectivity index (χ1v) is 10.2. The van der Waals surface area contributed by atoms with Crippen molar-refractivity contribution in [3.05, 3.63) is 59.7 Å². The van der Waals surface area contributed by atoms with Gasteiger partial charge in [-0.25, -0.2) is 4.79 Å². The monoisotopic (exact) mass is 379 g/mol. The number of hydrogen-bond acceptors (Lipinski definition) is 4. The third kappa shape index (κ3) is 3.19. The molecule has 5 nitrogen and oxygen atoms in total. The van der Waals surface area contributed by atoms with Gasteiger partial charge < -0.3 is 19.1 Å². The summed E-state index contributed by atoms with van der Waals surface area (Å²) in [4.78, 5) is 14.9. The van der Waals surface area contributed by atoms with Gasteiger partial charge in [0.05, 0.1) is 0 Å². The Labute approximate surface area is 165 Å². The molecule has 1 saturated heterocycles.